The van der Waals surface area contributed by atoms with Crippen LogP contribution in [0.4, 0.5) is 0 Å². The second-order valence-corrected chi connectivity index (χ2v) is 4.23. The van der Waals surface area contributed by atoms with Gasteiger partial charge in [0.15, 0.2) is 5.82 Å². The van der Waals surface area contributed by atoms with Gasteiger partial charge in [0.1, 0.15) is 0 Å². The molecule has 2 aromatic rings. The van der Waals surface area contributed by atoms with Crippen LogP contribution in [0.2, 0.25) is 10.0 Å². The maximum atomic E-state index is 6.10. The topological polar surface area (TPSA) is 55.6 Å². The fourth-order valence-corrected chi connectivity index (χ4v) is 1.75. The molecular formula is C10H11Cl2N5. The number of hydrogen-bond donors (Lipinski definition) is 1. The van der Waals surface area contributed by atoms with Crippen molar-refractivity contribution in [3.8, 4) is 5.69 Å². The van der Waals surface area contributed by atoms with Crippen LogP contribution in [0, 0.1) is 0 Å². The van der Waals surface area contributed by atoms with Gasteiger partial charge < -0.3 is 5.32 Å². The van der Waals surface area contributed by atoms with Crippen LogP contribution in [0.5, 0.6) is 0 Å². The van der Waals surface area contributed by atoms with Gasteiger partial charge in [-0.2, -0.15) is 4.68 Å². The molecule has 0 bridgehead atoms. The number of hydrogen-bond acceptors (Lipinski definition) is 4. The van der Waals surface area contributed by atoms with E-state index in [9.17, 15) is 0 Å². The van der Waals surface area contributed by atoms with E-state index in [1.54, 1.807) is 22.9 Å². The van der Waals surface area contributed by atoms with Crippen LogP contribution in [-0.2, 0) is 6.54 Å². The highest BCUT2D eigenvalue weighted by molar-refractivity contribution is 6.34. The maximum absolute atomic E-state index is 6.10. The highest BCUT2D eigenvalue weighted by atomic mass is 35.5. The minimum atomic E-state index is 0.555. The van der Waals surface area contributed by atoms with Crippen LogP contribution in [-0.4, -0.2) is 26.8 Å². The van der Waals surface area contributed by atoms with Gasteiger partial charge in [0.2, 0.25) is 0 Å². The quantitative estimate of drug-likeness (QED) is 0.925. The Kier molecular flexibility index (Phi) is 3.93. The molecule has 0 atom stereocenters. The van der Waals surface area contributed by atoms with Crippen LogP contribution in [0.25, 0.3) is 5.69 Å². The standard InChI is InChI=1S/C10H11Cl2N5/c1-2-13-6-10-14-15-16-17(10)9-5-7(11)3-4-8(9)12/h3-5,13H,2,6H2,1H3. The lowest BCUT2D eigenvalue weighted by molar-refractivity contribution is 0.664. The number of nitrogens with zero attached hydrogens (tertiary/aromatic N) is 4. The van der Waals surface area contributed by atoms with E-state index in [0.29, 0.717) is 28.1 Å². The molecule has 1 N–H and O–H groups in total. The van der Waals surface area contributed by atoms with Crippen LogP contribution >= 0.6 is 23.2 Å². The summed E-state index contributed by atoms with van der Waals surface area (Å²) in [5.74, 6) is 0.691. The molecule has 0 spiro atoms. The van der Waals surface area contributed by atoms with Gasteiger partial charge in [-0.1, -0.05) is 30.1 Å². The summed E-state index contributed by atoms with van der Waals surface area (Å²) in [5, 5.41) is 15.8. The average Bonchev–Trinajstić information content (AvgIpc) is 2.77. The predicted octanol–water partition coefficient (Wildman–Crippen LogP) is 2.08. The Morgan fingerprint density at radius 2 is 2.18 bits per heavy atom. The monoisotopic (exact) mass is 271 g/mol. The first kappa shape index (κ1) is 12.3. The molecule has 0 aliphatic heterocycles. The smallest absolute Gasteiger partial charge is 0.170 e. The third-order valence-electron chi connectivity index (χ3n) is 2.20. The average molecular weight is 272 g/mol. The van der Waals surface area contributed by atoms with E-state index in [-0.39, 0.29) is 0 Å². The molecule has 5 nitrogen and oxygen atoms in total. The number of halogens is 2. The Morgan fingerprint density at radius 1 is 1.35 bits per heavy atom. The maximum Gasteiger partial charge on any atom is 0.170 e. The lowest BCUT2D eigenvalue weighted by Gasteiger charge is -2.07. The van der Waals surface area contributed by atoms with Gasteiger partial charge >= 0.3 is 0 Å². The number of rotatable bonds is 4. The van der Waals surface area contributed by atoms with Crippen LogP contribution < -0.4 is 5.32 Å². The molecule has 0 aliphatic carbocycles. The first-order valence-electron chi connectivity index (χ1n) is 5.15. The summed E-state index contributed by atoms with van der Waals surface area (Å²) in [7, 11) is 0. The molecule has 0 fully saturated rings. The summed E-state index contributed by atoms with van der Waals surface area (Å²) >= 11 is 12.0. The lowest BCUT2D eigenvalue weighted by atomic mass is 10.3. The fourth-order valence-electron chi connectivity index (χ4n) is 1.39. The van der Waals surface area contributed by atoms with E-state index in [1.807, 2.05) is 6.92 Å². The molecule has 0 aliphatic rings. The second kappa shape index (κ2) is 5.44. The Labute approximate surface area is 109 Å². The fraction of sp³-hybridized carbons (Fsp3) is 0.300. The molecule has 7 heteroatoms. The molecule has 17 heavy (non-hydrogen) atoms. The van der Waals surface area contributed by atoms with Crippen molar-refractivity contribution in [2.75, 3.05) is 6.54 Å². The Balaban J connectivity index is 2.38. The summed E-state index contributed by atoms with van der Waals surface area (Å²) in [6.45, 7) is 3.43. The number of aromatic nitrogens is 4. The van der Waals surface area contributed by atoms with Crippen molar-refractivity contribution in [1.82, 2.24) is 25.5 Å². The summed E-state index contributed by atoms with van der Waals surface area (Å²) in [6.07, 6.45) is 0. The van der Waals surface area contributed by atoms with E-state index in [1.165, 1.54) is 0 Å². The highest BCUT2D eigenvalue weighted by Gasteiger charge is 2.11. The van der Waals surface area contributed by atoms with E-state index in [4.69, 9.17) is 23.2 Å². The SMILES string of the molecule is CCNCc1nnnn1-c1cc(Cl)ccc1Cl. The second-order valence-electron chi connectivity index (χ2n) is 3.38. The van der Waals surface area contributed by atoms with Gasteiger partial charge in [-0.05, 0) is 35.2 Å². The van der Waals surface area contributed by atoms with Gasteiger partial charge in [0.05, 0.1) is 17.3 Å². The van der Waals surface area contributed by atoms with E-state index in [2.05, 4.69) is 20.8 Å². The van der Waals surface area contributed by atoms with Crippen LogP contribution in [0.1, 0.15) is 12.7 Å². The molecule has 2 rings (SSSR count). The Bertz CT molecular complexity index is 511. The minimum absolute atomic E-state index is 0.555. The summed E-state index contributed by atoms with van der Waals surface area (Å²) in [4.78, 5) is 0. The normalized spacial score (nSPS) is 10.8. The van der Waals surface area contributed by atoms with Gasteiger partial charge in [-0.3, -0.25) is 0 Å². The van der Waals surface area contributed by atoms with Crippen molar-refractivity contribution in [2.45, 2.75) is 13.5 Å². The van der Waals surface area contributed by atoms with Gasteiger partial charge in [-0.25, -0.2) is 0 Å². The van der Waals surface area contributed by atoms with Crippen LogP contribution in [0.3, 0.4) is 0 Å². The van der Waals surface area contributed by atoms with Crippen molar-refractivity contribution >= 4 is 23.2 Å². The zero-order valence-corrected chi connectivity index (χ0v) is 10.7. The first-order valence-corrected chi connectivity index (χ1v) is 5.91. The summed E-state index contributed by atoms with van der Waals surface area (Å²) in [5.41, 5.74) is 0.678. The molecule has 1 aromatic heterocycles. The van der Waals surface area contributed by atoms with Gasteiger partial charge in [0.25, 0.3) is 0 Å². The molecule has 0 unspecified atom stereocenters. The largest absolute Gasteiger partial charge is 0.310 e. The number of benzene rings is 1. The molecule has 0 radical (unpaired) electrons. The lowest BCUT2D eigenvalue weighted by Crippen LogP contribution is -2.16. The van der Waals surface area contributed by atoms with Gasteiger partial charge in [0, 0.05) is 5.02 Å². The van der Waals surface area contributed by atoms with Crippen molar-refractivity contribution in [3.63, 3.8) is 0 Å². The third kappa shape index (κ3) is 2.74. The zero-order chi connectivity index (χ0) is 12.3. The van der Waals surface area contributed by atoms with Crippen LogP contribution in [0.15, 0.2) is 18.2 Å². The Morgan fingerprint density at radius 3 is 2.94 bits per heavy atom. The van der Waals surface area contributed by atoms with Crippen molar-refractivity contribution in [1.29, 1.82) is 0 Å². The summed E-state index contributed by atoms with van der Waals surface area (Å²) in [6, 6.07) is 5.18. The van der Waals surface area contributed by atoms with E-state index < -0.39 is 0 Å². The number of nitrogens with one attached hydrogen (secondary N) is 1. The van der Waals surface area contributed by atoms with Gasteiger partial charge in [-0.15, -0.1) is 5.10 Å². The van der Waals surface area contributed by atoms with Crippen molar-refractivity contribution in [3.05, 3.63) is 34.1 Å². The van der Waals surface area contributed by atoms with E-state index >= 15 is 0 Å². The minimum Gasteiger partial charge on any atom is -0.310 e. The van der Waals surface area contributed by atoms with E-state index in [0.717, 1.165) is 6.54 Å². The van der Waals surface area contributed by atoms with Crippen molar-refractivity contribution in [2.24, 2.45) is 0 Å². The van der Waals surface area contributed by atoms with Crippen molar-refractivity contribution < 1.29 is 0 Å². The highest BCUT2D eigenvalue weighted by Crippen LogP contribution is 2.24. The molecule has 0 saturated heterocycles. The molecule has 90 valence electrons. The first-order chi connectivity index (χ1) is 8.22. The number of tetrazole rings is 1. The zero-order valence-electron chi connectivity index (χ0n) is 9.19. The predicted molar refractivity (Wildman–Crippen MR) is 66.6 cm³/mol. The summed E-state index contributed by atoms with van der Waals surface area (Å²) < 4.78 is 1.58. The molecule has 1 aromatic carbocycles. The Hall–Kier alpha value is -1.17. The third-order valence-corrected chi connectivity index (χ3v) is 2.76. The molecule has 0 saturated carbocycles. The molecule has 1 heterocycles. The molecule has 0 amide bonds. The molecular weight excluding hydrogens is 261 g/mol.